The first-order valence-corrected chi connectivity index (χ1v) is 14.8. The van der Waals surface area contributed by atoms with Crippen LogP contribution in [0.15, 0.2) is 0 Å². The fraction of sp³-hybridized carbons (Fsp3) is 0.957. The maximum Gasteiger partial charge on any atom is 0.407 e. The Morgan fingerprint density at radius 1 is 0.636 bits per heavy atom. The van der Waals surface area contributed by atoms with Gasteiger partial charge in [0, 0.05) is 6.54 Å². The molecule has 0 radical (unpaired) electrons. The van der Waals surface area contributed by atoms with Crippen LogP contribution >= 0.6 is 0 Å². The molecule has 0 saturated carbocycles. The molecule has 1 N–H and O–H groups in total. The first-order valence-electron chi connectivity index (χ1n) is 11.8. The third kappa shape index (κ3) is 20.3. The van der Waals surface area contributed by atoms with E-state index in [0.717, 1.165) is 0 Å². The second-order valence-electron chi connectivity index (χ2n) is 10.1. The maximum absolute atomic E-state index is 11.4. The molecule has 198 valence electrons. The van der Waals surface area contributed by atoms with Gasteiger partial charge in [-0.25, -0.2) is 4.79 Å². The minimum Gasteiger partial charge on any atom is -0.444 e. The van der Waals surface area contributed by atoms with Gasteiger partial charge >= 0.3 is 6.09 Å². The van der Waals surface area contributed by atoms with Crippen LogP contribution in [0.2, 0.25) is 18.1 Å². The van der Waals surface area contributed by atoms with Gasteiger partial charge in [-0.15, -0.1) is 0 Å². The summed E-state index contributed by atoms with van der Waals surface area (Å²) in [6.07, 6.45) is -0.442. The van der Waals surface area contributed by atoms with E-state index in [0.29, 0.717) is 79.2 Å². The van der Waals surface area contributed by atoms with E-state index < -0.39 is 20.0 Å². The van der Waals surface area contributed by atoms with Crippen LogP contribution in [0.3, 0.4) is 0 Å². The van der Waals surface area contributed by atoms with Crippen LogP contribution in [-0.4, -0.2) is 99.2 Å². The Labute approximate surface area is 202 Å². The highest BCUT2D eigenvalue weighted by Gasteiger charge is 2.36. The molecule has 10 heteroatoms. The van der Waals surface area contributed by atoms with Crippen LogP contribution in [0.1, 0.15) is 41.5 Å². The smallest absolute Gasteiger partial charge is 0.407 e. The number of hydrogen-bond acceptors (Lipinski definition) is 8. The van der Waals surface area contributed by atoms with Gasteiger partial charge in [0.25, 0.3) is 0 Å². The van der Waals surface area contributed by atoms with E-state index in [-0.39, 0.29) is 5.04 Å². The molecule has 0 aromatic rings. The molecule has 0 bridgehead atoms. The SMILES string of the molecule is CC(C)(C)OC(=O)NCCOCCOCCOCCOCCOCCO[Si](C)(C)C(C)(C)C. The van der Waals surface area contributed by atoms with E-state index in [1.54, 1.807) is 0 Å². The third-order valence-corrected chi connectivity index (χ3v) is 9.44. The van der Waals surface area contributed by atoms with Crippen molar-refractivity contribution in [3.63, 3.8) is 0 Å². The van der Waals surface area contributed by atoms with E-state index >= 15 is 0 Å². The molecular formula is C23H49NO8Si. The van der Waals surface area contributed by atoms with Crippen molar-refractivity contribution < 1.29 is 37.6 Å². The molecule has 0 fully saturated rings. The fourth-order valence-electron chi connectivity index (χ4n) is 2.09. The zero-order valence-electron chi connectivity index (χ0n) is 22.3. The Morgan fingerprint density at radius 2 is 1.00 bits per heavy atom. The van der Waals surface area contributed by atoms with Crippen LogP contribution < -0.4 is 5.32 Å². The highest BCUT2D eigenvalue weighted by Crippen LogP contribution is 2.36. The highest BCUT2D eigenvalue weighted by molar-refractivity contribution is 6.74. The molecule has 1 amide bonds. The van der Waals surface area contributed by atoms with Crippen molar-refractivity contribution in [2.24, 2.45) is 0 Å². The van der Waals surface area contributed by atoms with Gasteiger partial charge in [0.2, 0.25) is 0 Å². The van der Waals surface area contributed by atoms with Crippen molar-refractivity contribution in [1.29, 1.82) is 0 Å². The molecule has 9 nitrogen and oxygen atoms in total. The average Bonchev–Trinajstić information content (AvgIpc) is 2.67. The van der Waals surface area contributed by atoms with E-state index in [1.807, 2.05) is 20.8 Å². The minimum atomic E-state index is -1.69. The molecule has 0 saturated heterocycles. The number of ether oxygens (including phenoxy) is 6. The van der Waals surface area contributed by atoms with Crippen LogP contribution in [0.5, 0.6) is 0 Å². The van der Waals surface area contributed by atoms with Crippen LogP contribution in [0, 0.1) is 0 Å². The fourth-order valence-corrected chi connectivity index (χ4v) is 3.12. The number of alkyl carbamates (subject to hydrolysis) is 1. The maximum atomic E-state index is 11.4. The molecule has 0 heterocycles. The van der Waals surface area contributed by atoms with Gasteiger partial charge in [0.05, 0.1) is 72.7 Å². The van der Waals surface area contributed by atoms with Gasteiger partial charge in [-0.3, -0.25) is 0 Å². The van der Waals surface area contributed by atoms with Gasteiger partial charge in [-0.2, -0.15) is 0 Å². The lowest BCUT2D eigenvalue weighted by Crippen LogP contribution is -2.41. The van der Waals surface area contributed by atoms with Crippen molar-refractivity contribution in [1.82, 2.24) is 5.32 Å². The largest absolute Gasteiger partial charge is 0.444 e. The standard InChI is InChI=1S/C23H49NO8Si/c1-22(2,3)32-21(25)24-9-10-26-11-12-27-13-14-28-15-16-29-17-18-30-19-20-31-33(7,8)23(4,5)6/h9-20H2,1-8H3,(H,24,25). The summed E-state index contributed by atoms with van der Waals surface area (Å²) in [7, 11) is -1.69. The summed E-state index contributed by atoms with van der Waals surface area (Å²) in [4.78, 5) is 11.4. The Kier molecular flexibility index (Phi) is 17.2. The molecule has 0 atom stereocenters. The van der Waals surface area contributed by atoms with Crippen LogP contribution in [-0.2, 0) is 32.8 Å². The molecule has 33 heavy (non-hydrogen) atoms. The Morgan fingerprint density at radius 3 is 1.36 bits per heavy atom. The lowest BCUT2D eigenvalue weighted by Gasteiger charge is -2.36. The molecule has 0 aliphatic rings. The molecule has 0 unspecified atom stereocenters. The van der Waals surface area contributed by atoms with Crippen LogP contribution in [0.25, 0.3) is 0 Å². The summed E-state index contributed by atoms with van der Waals surface area (Å²) in [6, 6.07) is 0. The second kappa shape index (κ2) is 17.6. The average molecular weight is 496 g/mol. The number of carbonyl (C=O) groups is 1. The summed E-state index contributed by atoms with van der Waals surface area (Å²) in [6.45, 7) is 22.7. The molecule has 0 rings (SSSR count). The molecule has 0 aliphatic heterocycles. The summed E-state index contributed by atoms with van der Waals surface area (Å²) in [5.74, 6) is 0. The zero-order chi connectivity index (χ0) is 25.2. The van der Waals surface area contributed by atoms with Crippen molar-refractivity contribution in [2.75, 3.05) is 79.2 Å². The van der Waals surface area contributed by atoms with E-state index in [2.05, 4.69) is 39.2 Å². The summed E-state index contributed by atoms with van der Waals surface area (Å²) in [5.41, 5.74) is -0.498. The number of hydrogen-bond donors (Lipinski definition) is 1. The van der Waals surface area contributed by atoms with Crippen molar-refractivity contribution in [3.05, 3.63) is 0 Å². The molecule has 0 spiro atoms. The number of nitrogens with one attached hydrogen (secondary N) is 1. The lowest BCUT2D eigenvalue weighted by atomic mass is 10.2. The highest BCUT2D eigenvalue weighted by atomic mass is 28.4. The first-order chi connectivity index (χ1) is 15.4. The Balaban J connectivity index is 3.27. The quantitative estimate of drug-likeness (QED) is 0.215. The molecular weight excluding hydrogens is 446 g/mol. The Bertz CT molecular complexity index is 492. The minimum absolute atomic E-state index is 0.219. The molecule has 0 aromatic carbocycles. The number of amides is 1. The number of carbonyl (C=O) groups excluding carboxylic acids is 1. The summed E-state index contributed by atoms with van der Waals surface area (Å²) < 4.78 is 38.5. The lowest BCUT2D eigenvalue weighted by molar-refractivity contribution is -0.0129. The first kappa shape index (κ1) is 32.2. The summed E-state index contributed by atoms with van der Waals surface area (Å²) in [5, 5.41) is 2.85. The Hall–Kier alpha value is -0.753. The molecule has 0 aromatic heterocycles. The van der Waals surface area contributed by atoms with Gasteiger partial charge in [-0.1, -0.05) is 20.8 Å². The number of rotatable bonds is 19. The zero-order valence-corrected chi connectivity index (χ0v) is 23.3. The predicted octanol–water partition coefficient (Wildman–Crippen LogP) is 3.62. The van der Waals surface area contributed by atoms with Gasteiger partial charge in [0.15, 0.2) is 8.32 Å². The predicted molar refractivity (Wildman–Crippen MR) is 131 cm³/mol. The topological polar surface area (TPSA) is 93.7 Å². The second-order valence-corrected chi connectivity index (χ2v) is 14.9. The monoisotopic (exact) mass is 495 g/mol. The van der Waals surface area contributed by atoms with Gasteiger partial charge in [0.1, 0.15) is 5.60 Å². The van der Waals surface area contributed by atoms with E-state index in [4.69, 9.17) is 32.8 Å². The van der Waals surface area contributed by atoms with Crippen molar-refractivity contribution in [2.45, 2.75) is 65.3 Å². The van der Waals surface area contributed by atoms with E-state index in [1.165, 1.54) is 0 Å². The van der Waals surface area contributed by atoms with E-state index in [9.17, 15) is 4.79 Å². The van der Waals surface area contributed by atoms with Crippen molar-refractivity contribution in [3.8, 4) is 0 Å². The van der Waals surface area contributed by atoms with Crippen molar-refractivity contribution >= 4 is 14.4 Å². The van der Waals surface area contributed by atoms with Gasteiger partial charge < -0.3 is 38.2 Å². The third-order valence-electron chi connectivity index (χ3n) is 4.90. The van der Waals surface area contributed by atoms with Crippen LogP contribution in [0.4, 0.5) is 4.79 Å². The molecule has 0 aliphatic carbocycles. The summed E-state index contributed by atoms with van der Waals surface area (Å²) >= 11 is 0. The van der Waals surface area contributed by atoms with Gasteiger partial charge in [-0.05, 0) is 38.9 Å². The normalized spacial score (nSPS) is 12.7.